The van der Waals surface area contributed by atoms with E-state index in [0.717, 1.165) is 43.8 Å². The molecule has 2 aliphatic rings. The molecule has 4 nitrogen and oxygen atoms in total. The minimum atomic E-state index is -1.29. The van der Waals surface area contributed by atoms with Crippen LogP contribution >= 0.6 is 0 Å². The van der Waals surface area contributed by atoms with Gasteiger partial charge in [0.2, 0.25) is 0 Å². The molecular formula is C21H31FN2O2. The van der Waals surface area contributed by atoms with E-state index in [9.17, 15) is 14.3 Å². The lowest BCUT2D eigenvalue weighted by Crippen LogP contribution is -2.59. The SMILES string of the molecule is CC(C)C1CCN(C[C@@]2(O)CCCN(Cc3ccc(F)cc3)C2=O)CC1. The molecule has 0 aliphatic carbocycles. The number of benzene rings is 1. The lowest BCUT2D eigenvalue weighted by atomic mass is 9.85. The summed E-state index contributed by atoms with van der Waals surface area (Å²) in [7, 11) is 0. The van der Waals surface area contributed by atoms with Crippen molar-refractivity contribution in [3.05, 3.63) is 35.6 Å². The maximum Gasteiger partial charge on any atom is 0.256 e. The van der Waals surface area contributed by atoms with E-state index in [1.165, 1.54) is 12.1 Å². The first-order valence-electron chi connectivity index (χ1n) is 9.86. The van der Waals surface area contributed by atoms with Crippen LogP contribution in [0.1, 0.15) is 45.1 Å². The predicted molar refractivity (Wildman–Crippen MR) is 100 cm³/mol. The van der Waals surface area contributed by atoms with Crippen LogP contribution < -0.4 is 0 Å². The molecule has 2 aliphatic heterocycles. The summed E-state index contributed by atoms with van der Waals surface area (Å²) >= 11 is 0. The third-order valence-corrected chi connectivity index (χ3v) is 6.05. The molecule has 2 fully saturated rings. The molecule has 1 atom stereocenters. The predicted octanol–water partition coefficient (Wildman–Crippen LogP) is 3.05. The van der Waals surface area contributed by atoms with Gasteiger partial charge >= 0.3 is 0 Å². The zero-order chi connectivity index (χ0) is 18.7. The number of nitrogens with zero attached hydrogens (tertiary/aromatic N) is 2. The Morgan fingerprint density at radius 3 is 2.46 bits per heavy atom. The fraction of sp³-hybridized carbons (Fsp3) is 0.667. The number of carbonyl (C=O) groups is 1. The maximum absolute atomic E-state index is 13.1. The van der Waals surface area contributed by atoms with Crippen LogP contribution in [0.5, 0.6) is 0 Å². The van der Waals surface area contributed by atoms with Crippen molar-refractivity contribution in [3.8, 4) is 0 Å². The second-order valence-electron chi connectivity index (χ2n) is 8.35. The van der Waals surface area contributed by atoms with Crippen LogP contribution in [0.4, 0.5) is 4.39 Å². The van der Waals surface area contributed by atoms with Gasteiger partial charge in [0.25, 0.3) is 5.91 Å². The fourth-order valence-corrected chi connectivity index (χ4v) is 4.32. The van der Waals surface area contributed by atoms with Crippen molar-refractivity contribution in [2.75, 3.05) is 26.2 Å². The lowest BCUT2D eigenvalue weighted by molar-refractivity contribution is -0.160. The van der Waals surface area contributed by atoms with E-state index in [0.29, 0.717) is 32.0 Å². The van der Waals surface area contributed by atoms with Crippen LogP contribution in [-0.2, 0) is 11.3 Å². The number of hydrogen-bond acceptors (Lipinski definition) is 3. The number of hydrogen-bond donors (Lipinski definition) is 1. The highest BCUT2D eigenvalue weighted by Gasteiger charge is 2.43. The Morgan fingerprint density at radius 1 is 1.19 bits per heavy atom. The van der Waals surface area contributed by atoms with Crippen molar-refractivity contribution in [1.29, 1.82) is 0 Å². The quantitative estimate of drug-likeness (QED) is 0.876. The van der Waals surface area contributed by atoms with E-state index in [2.05, 4.69) is 18.7 Å². The monoisotopic (exact) mass is 362 g/mol. The first-order chi connectivity index (χ1) is 12.4. The molecular weight excluding hydrogens is 331 g/mol. The highest BCUT2D eigenvalue weighted by Crippen LogP contribution is 2.29. The summed E-state index contributed by atoms with van der Waals surface area (Å²) in [5, 5.41) is 11.1. The van der Waals surface area contributed by atoms with Crippen LogP contribution in [0.2, 0.25) is 0 Å². The van der Waals surface area contributed by atoms with Crippen LogP contribution in [0.25, 0.3) is 0 Å². The maximum atomic E-state index is 13.1. The van der Waals surface area contributed by atoms with E-state index in [-0.39, 0.29) is 11.7 Å². The Bertz CT molecular complexity index is 611. The number of carbonyl (C=O) groups excluding carboxylic acids is 1. The zero-order valence-corrected chi connectivity index (χ0v) is 16.0. The lowest BCUT2D eigenvalue weighted by Gasteiger charge is -2.43. The summed E-state index contributed by atoms with van der Waals surface area (Å²) < 4.78 is 13.1. The molecule has 1 aromatic rings. The summed E-state index contributed by atoms with van der Waals surface area (Å²) in [4.78, 5) is 16.9. The molecule has 2 heterocycles. The van der Waals surface area contributed by atoms with Crippen LogP contribution in [-0.4, -0.2) is 52.6 Å². The molecule has 0 spiro atoms. The van der Waals surface area contributed by atoms with Crippen molar-refractivity contribution in [3.63, 3.8) is 0 Å². The van der Waals surface area contributed by atoms with E-state index >= 15 is 0 Å². The van der Waals surface area contributed by atoms with Gasteiger partial charge in [-0.15, -0.1) is 0 Å². The number of halogens is 1. The van der Waals surface area contributed by atoms with Crippen LogP contribution in [0.3, 0.4) is 0 Å². The van der Waals surface area contributed by atoms with Gasteiger partial charge in [0.05, 0.1) is 0 Å². The Kier molecular flexibility index (Phi) is 5.98. The normalized spacial score (nSPS) is 25.9. The number of aliphatic hydroxyl groups is 1. The van der Waals surface area contributed by atoms with Crippen molar-refractivity contribution >= 4 is 5.91 Å². The third kappa shape index (κ3) is 4.44. The molecule has 144 valence electrons. The van der Waals surface area contributed by atoms with Gasteiger partial charge in [-0.05, 0) is 68.3 Å². The molecule has 0 bridgehead atoms. The molecule has 0 saturated carbocycles. The topological polar surface area (TPSA) is 43.8 Å². The standard InChI is InChI=1S/C21H31FN2O2/c1-16(2)18-8-12-23(13-9-18)15-21(26)10-3-11-24(20(21)25)14-17-4-6-19(22)7-5-17/h4-7,16,18,26H,3,8-15H2,1-2H3/t21-/m0/s1. The first kappa shape index (κ1) is 19.3. The molecule has 0 unspecified atom stereocenters. The molecule has 5 heteroatoms. The van der Waals surface area contributed by atoms with Crippen LogP contribution in [0, 0.1) is 17.7 Å². The van der Waals surface area contributed by atoms with E-state index in [1.54, 1.807) is 17.0 Å². The van der Waals surface area contributed by atoms with Crippen LogP contribution in [0.15, 0.2) is 24.3 Å². The van der Waals surface area contributed by atoms with E-state index in [4.69, 9.17) is 0 Å². The number of β-amino-alcohol motifs (C(OH)–C–C–N with tert-alkyl or cyclic N) is 1. The van der Waals surface area contributed by atoms with Crippen molar-refractivity contribution < 1.29 is 14.3 Å². The van der Waals surface area contributed by atoms with Gasteiger partial charge in [-0.2, -0.15) is 0 Å². The third-order valence-electron chi connectivity index (χ3n) is 6.05. The summed E-state index contributed by atoms with van der Waals surface area (Å²) in [6, 6.07) is 6.23. The molecule has 1 aromatic carbocycles. The number of piperidine rings is 2. The van der Waals surface area contributed by atoms with E-state index < -0.39 is 5.60 Å². The summed E-state index contributed by atoms with van der Waals surface area (Å²) in [5.74, 6) is 0.986. The summed E-state index contributed by atoms with van der Waals surface area (Å²) in [5.41, 5.74) is -0.398. The number of rotatable bonds is 5. The summed E-state index contributed by atoms with van der Waals surface area (Å²) in [6.45, 7) is 7.95. The highest BCUT2D eigenvalue weighted by molar-refractivity contribution is 5.86. The van der Waals surface area contributed by atoms with Gasteiger partial charge in [0, 0.05) is 19.6 Å². The minimum Gasteiger partial charge on any atom is -0.379 e. The van der Waals surface area contributed by atoms with Gasteiger partial charge in [-0.1, -0.05) is 26.0 Å². The van der Waals surface area contributed by atoms with Crippen molar-refractivity contribution in [1.82, 2.24) is 9.80 Å². The molecule has 1 N–H and O–H groups in total. The molecule has 0 radical (unpaired) electrons. The van der Waals surface area contributed by atoms with Gasteiger partial charge in [-0.3, -0.25) is 9.69 Å². The summed E-state index contributed by atoms with van der Waals surface area (Å²) in [6.07, 6.45) is 3.60. The molecule has 3 rings (SSSR count). The highest BCUT2D eigenvalue weighted by atomic mass is 19.1. The molecule has 0 aromatic heterocycles. The Morgan fingerprint density at radius 2 is 1.85 bits per heavy atom. The Labute approximate surface area is 156 Å². The Balaban J connectivity index is 1.60. The first-order valence-corrected chi connectivity index (χ1v) is 9.86. The van der Waals surface area contributed by atoms with Crippen molar-refractivity contribution in [2.24, 2.45) is 11.8 Å². The average molecular weight is 362 g/mol. The fourth-order valence-electron chi connectivity index (χ4n) is 4.32. The second-order valence-corrected chi connectivity index (χ2v) is 8.35. The smallest absolute Gasteiger partial charge is 0.256 e. The minimum absolute atomic E-state index is 0.181. The van der Waals surface area contributed by atoms with Gasteiger partial charge in [0.1, 0.15) is 5.82 Å². The number of likely N-dealkylation sites (tertiary alicyclic amines) is 2. The molecule has 2 saturated heterocycles. The Hall–Kier alpha value is -1.46. The number of amides is 1. The van der Waals surface area contributed by atoms with Gasteiger partial charge in [-0.25, -0.2) is 4.39 Å². The van der Waals surface area contributed by atoms with Gasteiger partial charge < -0.3 is 10.0 Å². The molecule has 26 heavy (non-hydrogen) atoms. The average Bonchev–Trinajstić information content (AvgIpc) is 2.61. The van der Waals surface area contributed by atoms with E-state index in [1.807, 2.05) is 0 Å². The van der Waals surface area contributed by atoms with Crippen molar-refractivity contribution in [2.45, 2.75) is 51.7 Å². The van der Waals surface area contributed by atoms with Gasteiger partial charge in [0.15, 0.2) is 5.60 Å². The molecule has 1 amide bonds. The second kappa shape index (κ2) is 8.05. The largest absolute Gasteiger partial charge is 0.379 e. The zero-order valence-electron chi connectivity index (χ0n) is 16.0.